The number of rotatable bonds is 8. The molecule has 5 rings (SSSR count). The summed E-state index contributed by atoms with van der Waals surface area (Å²) < 4.78 is 28.2. The molecule has 0 radical (unpaired) electrons. The molecule has 2 aromatic heterocycles. The Bertz CT molecular complexity index is 1320. The Morgan fingerprint density at radius 3 is 2.76 bits per heavy atom. The van der Waals surface area contributed by atoms with Crippen LogP contribution in [0.1, 0.15) is 50.1 Å². The second-order valence-corrected chi connectivity index (χ2v) is 9.49. The van der Waals surface area contributed by atoms with Gasteiger partial charge in [-0.1, -0.05) is 0 Å². The molecule has 0 bridgehead atoms. The number of nitrogens with two attached hydrogens (primary N) is 1. The maximum Gasteiger partial charge on any atom is 0.434 e. The average Bonchev–Trinajstić information content (AvgIpc) is 3.34. The van der Waals surface area contributed by atoms with Gasteiger partial charge in [0.25, 0.3) is 5.56 Å². The van der Waals surface area contributed by atoms with E-state index in [2.05, 4.69) is 15.1 Å². The number of pyridine rings is 1. The third kappa shape index (κ3) is 4.22. The predicted octanol–water partition coefficient (Wildman–Crippen LogP) is 2.65. The molecule has 3 heterocycles. The number of aromatic amines is 1. The highest BCUT2D eigenvalue weighted by atomic mass is 19.1. The lowest BCUT2D eigenvalue weighted by molar-refractivity contribution is 0.306. The van der Waals surface area contributed by atoms with Gasteiger partial charge in [0.1, 0.15) is 11.6 Å². The summed E-state index contributed by atoms with van der Waals surface area (Å²) in [6.07, 6.45) is 3.72. The lowest BCUT2D eigenvalue weighted by atomic mass is 10.0. The van der Waals surface area contributed by atoms with Crippen molar-refractivity contribution in [3.63, 3.8) is 0 Å². The molecule has 9 nitrogen and oxygen atoms in total. The van der Waals surface area contributed by atoms with Crippen LogP contribution in [0.4, 0.5) is 10.1 Å². The van der Waals surface area contributed by atoms with Gasteiger partial charge in [0.2, 0.25) is 5.89 Å². The number of nitrogens with one attached hydrogen (secondary N) is 1. The lowest BCUT2D eigenvalue weighted by Crippen LogP contribution is -2.30. The SMILES string of the molecule is Cc1c(N2CCC([C@H](C)N)C2)c(F)cc2c(OCCCc3n[nH]c(=O)o3)cc(=O)n(C3CC3)c12. The van der Waals surface area contributed by atoms with Crippen LogP contribution in [0.25, 0.3) is 10.9 Å². The van der Waals surface area contributed by atoms with Crippen LogP contribution in [0.15, 0.2) is 26.1 Å². The van der Waals surface area contributed by atoms with Crippen molar-refractivity contribution in [2.75, 3.05) is 24.6 Å². The molecule has 1 aromatic carbocycles. The standard InChI is InChI=1S/C24H30FN5O4/c1-13-22-17(10-18(25)23(13)29-8-7-15(12-29)14(2)26)19(11-21(31)30(22)16-5-6-16)33-9-3-4-20-27-28-24(32)34-20/h10-11,14-16H,3-9,12,26H2,1-2H3,(H,28,32)/t14-,15?/m0/s1. The summed E-state index contributed by atoms with van der Waals surface area (Å²) in [5.41, 5.74) is 8.01. The largest absolute Gasteiger partial charge is 0.493 e. The number of hydrogen-bond donors (Lipinski definition) is 2. The second-order valence-electron chi connectivity index (χ2n) is 9.49. The van der Waals surface area contributed by atoms with Gasteiger partial charge in [-0.2, -0.15) is 0 Å². The fourth-order valence-corrected chi connectivity index (χ4v) is 5.02. The summed E-state index contributed by atoms with van der Waals surface area (Å²) in [5, 5.41) is 6.59. The zero-order valence-electron chi connectivity index (χ0n) is 19.5. The normalized spacial score (nSPS) is 19.2. The molecular formula is C24H30FN5O4. The number of fused-ring (bicyclic) bond motifs is 1. The van der Waals surface area contributed by atoms with E-state index >= 15 is 4.39 Å². The number of aromatic nitrogens is 3. The molecule has 0 amide bonds. The van der Waals surface area contributed by atoms with E-state index in [0.717, 1.165) is 36.9 Å². The predicted molar refractivity (Wildman–Crippen MR) is 126 cm³/mol. The Balaban J connectivity index is 1.49. The van der Waals surface area contributed by atoms with Gasteiger partial charge in [0.05, 0.1) is 17.8 Å². The zero-order chi connectivity index (χ0) is 24.0. The van der Waals surface area contributed by atoms with Crippen LogP contribution in [-0.2, 0) is 6.42 Å². The summed E-state index contributed by atoms with van der Waals surface area (Å²) in [4.78, 5) is 26.2. The summed E-state index contributed by atoms with van der Waals surface area (Å²) in [6.45, 7) is 5.59. The van der Waals surface area contributed by atoms with Crippen molar-refractivity contribution in [3.8, 4) is 5.75 Å². The highest BCUT2D eigenvalue weighted by molar-refractivity contribution is 5.92. The first-order valence-electron chi connectivity index (χ1n) is 11.9. The number of nitrogens with zero attached hydrogens (tertiary/aromatic N) is 3. The van der Waals surface area contributed by atoms with E-state index in [1.54, 1.807) is 4.57 Å². The number of ether oxygens (including phenoxy) is 1. The second kappa shape index (κ2) is 8.90. The molecule has 34 heavy (non-hydrogen) atoms. The quantitative estimate of drug-likeness (QED) is 0.485. The number of anilines is 1. The van der Waals surface area contributed by atoms with Gasteiger partial charge in [0, 0.05) is 43.0 Å². The topological polar surface area (TPSA) is 119 Å². The molecule has 1 saturated carbocycles. The monoisotopic (exact) mass is 471 g/mol. The van der Waals surface area contributed by atoms with Gasteiger partial charge in [0.15, 0.2) is 0 Å². The Hall–Kier alpha value is -3.14. The smallest absolute Gasteiger partial charge is 0.434 e. The van der Waals surface area contributed by atoms with Gasteiger partial charge >= 0.3 is 5.76 Å². The Morgan fingerprint density at radius 1 is 1.32 bits per heavy atom. The Labute approximate surface area is 195 Å². The minimum atomic E-state index is -0.599. The van der Waals surface area contributed by atoms with E-state index in [-0.39, 0.29) is 30.1 Å². The zero-order valence-corrected chi connectivity index (χ0v) is 19.5. The van der Waals surface area contributed by atoms with Crippen molar-refractivity contribution in [2.45, 2.75) is 58.0 Å². The van der Waals surface area contributed by atoms with Crippen LogP contribution in [-0.4, -0.2) is 40.5 Å². The van der Waals surface area contributed by atoms with Gasteiger partial charge < -0.3 is 24.4 Å². The summed E-state index contributed by atoms with van der Waals surface area (Å²) in [5.74, 6) is 0.0551. The highest BCUT2D eigenvalue weighted by Crippen LogP contribution is 2.42. The van der Waals surface area contributed by atoms with Gasteiger partial charge in [-0.3, -0.25) is 4.79 Å². The lowest BCUT2D eigenvalue weighted by Gasteiger charge is -2.25. The van der Waals surface area contributed by atoms with Crippen LogP contribution < -0.4 is 26.7 Å². The van der Waals surface area contributed by atoms with Crippen molar-refractivity contribution in [2.24, 2.45) is 11.7 Å². The molecule has 3 aromatic rings. The fraction of sp³-hybridized carbons (Fsp3) is 0.542. The van der Waals surface area contributed by atoms with Crippen molar-refractivity contribution in [1.82, 2.24) is 14.8 Å². The summed E-state index contributed by atoms with van der Waals surface area (Å²) in [7, 11) is 0. The Kier molecular flexibility index (Phi) is 5.93. The molecule has 3 N–H and O–H groups in total. The minimum Gasteiger partial charge on any atom is -0.493 e. The maximum absolute atomic E-state index is 15.5. The summed E-state index contributed by atoms with van der Waals surface area (Å²) in [6, 6.07) is 3.14. The van der Waals surface area contributed by atoms with E-state index in [4.69, 9.17) is 14.9 Å². The molecule has 2 aliphatic rings. The van der Waals surface area contributed by atoms with Crippen LogP contribution in [0.3, 0.4) is 0 Å². The minimum absolute atomic E-state index is 0.0490. The molecule has 0 spiro atoms. The van der Waals surface area contributed by atoms with Crippen molar-refractivity contribution in [1.29, 1.82) is 0 Å². The third-order valence-electron chi connectivity index (χ3n) is 6.93. The van der Waals surface area contributed by atoms with E-state index in [1.165, 1.54) is 12.1 Å². The average molecular weight is 472 g/mol. The van der Waals surface area contributed by atoms with Crippen LogP contribution in [0.5, 0.6) is 5.75 Å². The van der Waals surface area contributed by atoms with Crippen LogP contribution in [0.2, 0.25) is 0 Å². The number of hydrogen-bond acceptors (Lipinski definition) is 7. The molecule has 182 valence electrons. The number of aryl methyl sites for hydroxylation is 2. The van der Waals surface area contributed by atoms with Crippen LogP contribution in [0, 0.1) is 18.7 Å². The van der Waals surface area contributed by atoms with Crippen molar-refractivity contribution < 1.29 is 13.5 Å². The van der Waals surface area contributed by atoms with Crippen molar-refractivity contribution in [3.05, 3.63) is 50.3 Å². The van der Waals surface area contributed by atoms with E-state index in [1.807, 2.05) is 13.8 Å². The van der Waals surface area contributed by atoms with E-state index < -0.39 is 5.76 Å². The first-order chi connectivity index (χ1) is 16.3. The van der Waals surface area contributed by atoms with Crippen LogP contribution >= 0.6 is 0 Å². The number of halogens is 1. The maximum atomic E-state index is 15.5. The third-order valence-corrected chi connectivity index (χ3v) is 6.93. The molecule has 1 aliphatic heterocycles. The molecule has 2 fully saturated rings. The Morgan fingerprint density at radius 2 is 2.12 bits per heavy atom. The molecule has 1 unspecified atom stereocenters. The van der Waals surface area contributed by atoms with Gasteiger partial charge in [-0.15, -0.1) is 5.10 Å². The fourth-order valence-electron chi connectivity index (χ4n) is 5.02. The summed E-state index contributed by atoms with van der Waals surface area (Å²) >= 11 is 0. The number of H-pyrrole nitrogens is 1. The number of benzene rings is 1. The first kappa shape index (κ1) is 22.6. The van der Waals surface area contributed by atoms with Crippen molar-refractivity contribution >= 4 is 16.6 Å². The van der Waals surface area contributed by atoms with Gasteiger partial charge in [-0.05, 0) is 57.1 Å². The molecule has 2 atom stereocenters. The molecule has 1 aliphatic carbocycles. The highest BCUT2D eigenvalue weighted by Gasteiger charge is 2.32. The van der Waals surface area contributed by atoms with Gasteiger partial charge in [-0.25, -0.2) is 14.3 Å². The molecule has 10 heteroatoms. The molecule has 1 saturated heterocycles. The van der Waals surface area contributed by atoms with E-state index in [0.29, 0.717) is 48.0 Å². The first-order valence-corrected chi connectivity index (χ1v) is 11.9. The van der Waals surface area contributed by atoms with E-state index in [9.17, 15) is 9.59 Å². The molecular weight excluding hydrogens is 441 g/mol.